The van der Waals surface area contributed by atoms with Gasteiger partial charge in [0.15, 0.2) is 17.3 Å². The monoisotopic (exact) mass is 439 g/mol. The van der Waals surface area contributed by atoms with E-state index in [4.69, 9.17) is 26.4 Å². The number of methoxy groups -OCH3 is 3. The van der Waals surface area contributed by atoms with Gasteiger partial charge in [0.25, 0.3) is 0 Å². The second kappa shape index (κ2) is 11.0. The van der Waals surface area contributed by atoms with Gasteiger partial charge in [-0.2, -0.15) is 0 Å². The third-order valence-corrected chi connectivity index (χ3v) is 5.81. The molecule has 0 aliphatic heterocycles. The average molecular weight is 440 g/mol. The number of carbonyl (C=O) groups is 1. The molecule has 0 N–H and O–H groups in total. The number of rotatable bonds is 12. The molecule has 1 aliphatic rings. The fourth-order valence-electron chi connectivity index (χ4n) is 3.76. The Balaban J connectivity index is 1.62. The van der Waals surface area contributed by atoms with E-state index in [0.29, 0.717) is 41.9 Å². The van der Waals surface area contributed by atoms with Crippen LogP contribution in [-0.4, -0.2) is 37.0 Å². The second-order valence-corrected chi connectivity index (χ2v) is 8.38. The third kappa shape index (κ3) is 6.62. The molecule has 1 aromatic carbocycles. The van der Waals surface area contributed by atoms with Gasteiger partial charge in [-0.05, 0) is 71.9 Å². The lowest BCUT2D eigenvalue weighted by Crippen LogP contribution is -2.15. The molecule has 1 atom stereocenters. The van der Waals surface area contributed by atoms with Crippen LogP contribution in [0.1, 0.15) is 36.9 Å². The summed E-state index contributed by atoms with van der Waals surface area (Å²) in [5.74, 6) is 2.65. The Hall–Kier alpha value is -2.73. The maximum absolute atomic E-state index is 12.7. The van der Waals surface area contributed by atoms with Crippen LogP contribution in [-0.2, 0) is 11.2 Å². The minimum absolute atomic E-state index is 0.103. The first-order chi connectivity index (χ1) is 15.0. The minimum atomic E-state index is 0.103. The summed E-state index contributed by atoms with van der Waals surface area (Å²) >= 11 is 5.62. The van der Waals surface area contributed by atoms with E-state index < -0.39 is 0 Å². The molecule has 2 aromatic rings. The number of pyridine rings is 1. The molecule has 3 rings (SSSR count). The summed E-state index contributed by atoms with van der Waals surface area (Å²) in [7, 11) is 4.71. The van der Waals surface area contributed by atoms with Crippen molar-refractivity contribution in [2.24, 2.45) is 11.8 Å². The zero-order chi connectivity index (χ0) is 22.2. The maximum Gasteiger partial charge on any atom is 0.203 e. The van der Waals surface area contributed by atoms with Gasteiger partial charge in [-0.15, -0.1) is 0 Å². The van der Waals surface area contributed by atoms with Crippen LogP contribution in [0, 0.1) is 11.8 Å². The number of hydrogen-bond acceptors (Lipinski definition) is 6. The fourth-order valence-corrected chi connectivity index (χ4v) is 4.12. The van der Waals surface area contributed by atoms with Gasteiger partial charge in [0.05, 0.1) is 21.3 Å². The number of thiocarbonyl (C=S) groups is 1. The fraction of sp³-hybridized carbons (Fsp3) is 0.400. The number of allylic oxidation sites excluding steroid dienone is 1. The first-order valence-corrected chi connectivity index (χ1v) is 10.9. The van der Waals surface area contributed by atoms with Crippen LogP contribution in [0.3, 0.4) is 0 Å². The zero-order valence-electron chi connectivity index (χ0n) is 18.3. The highest BCUT2D eigenvalue weighted by atomic mass is 32.1. The Morgan fingerprint density at radius 1 is 1.13 bits per heavy atom. The molecule has 0 amide bonds. The summed E-state index contributed by atoms with van der Waals surface area (Å²) in [5, 5.41) is 0. The van der Waals surface area contributed by atoms with E-state index >= 15 is 0 Å². The van der Waals surface area contributed by atoms with E-state index in [9.17, 15) is 4.79 Å². The van der Waals surface area contributed by atoms with Crippen molar-refractivity contribution in [3.05, 3.63) is 53.9 Å². The number of carbonyl (C=O) groups excluding carboxylic acids is 1. The van der Waals surface area contributed by atoms with Gasteiger partial charge < -0.3 is 14.2 Å². The predicted molar refractivity (Wildman–Crippen MR) is 126 cm³/mol. The predicted octanol–water partition coefficient (Wildman–Crippen LogP) is 5.11. The highest BCUT2D eigenvalue weighted by Crippen LogP contribution is 2.41. The van der Waals surface area contributed by atoms with Crippen LogP contribution in [0.15, 0.2) is 42.6 Å². The van der Waals surface area contributed by atoms with Crippen LogP contribution in [0.4, 0.5) is 0 Å². The summed E-state index contributed by atoms with van der Waals surface area (Å²) in [6.07, 6.45) is 9.57. The summed E-state index contributed by atoms with van der Waals surface area (Å²) in [5.41, 5.74) is 1.80. The highest BCUT2D eigenvalue weighted by molar-refractivity contribution is 7.80. The van der Waals surface area contributed by atoms with Crippen molar-refractivity contribution in [1.82, 2.24) is 4.98 Å². The third-order valence-electron chi connectivity index (χ3n) is 5.50. The molecule has 0 radical (unpaired) electrons. The largest absolute Gasteiger partial charge is 0.493 e. The molecule has 1 saturated carbocycles. The second-order valence-electron chi connectivity index (χ2n) is 7.80. The Bertz CT molecular complexity index is 913. The molecule has 1 heterocycles. The van der Waals surface area contributed by atoms with E-state index in [1.807, 2.05) is 30.3 Å². The quantitative estimate of drug-likeness (QED) is 0.338. The van der Waals surface area contributed by atoms with Crippen LogP contribution in [0.2, 0.25) is 0 Å². The summed E-state index contributed by atoms with van der Waals surface area (Å²) in [6, 6.07) is 9.51. The lowest BCUT2D eigenvalue weighted by molar-refractivity contribution is -0.115. The Labute approximate surface area is 189 Å². The van der Waals surface area contributed by atoms with Crippen molar-refractivity contribution < 1.29 is 19.0 Å². The summed E-state index contributed by atoms with van der Waals surface area (Å²) < 4.78 is 16.1. The van der Waals surface area contributed by atoms with Crippen molar-refractivity contribution in [1.29, 1.82) is 0 Å². The smallest absolute Gasteiger partial charge is 0.203 e. The number of benzene rings is 1. The molecular formula is C25H29NO4S. The molecule has 31 heavy (non-hydrogen) atoms. The van der Waals surface area contributed by atoms with Crippen molar-refractivity contribution in [2.45, 2.75) is 32.1 Å². The average Bonchev–Trinajstić information content (AvgIpc) is 3.62. The maximum atomic E-state index is 12.7. The number of hydrogen-bond donors (Lipinski definition) is 0. The lowest BCUT2D eigenvalue weighted by Gasteiger charge is -2.15. The minimum Gasteiger partial charge on any atom is -0.493 e. The van der Waals surface area contributed by atoms with Crippen LogP contribution >= 0.6 is 12.2 Å². The highest BCUT2D eigenvalue weighted by Gasteiger charge is 2.32. The summed E-state index contributed by atoms with van der Waals surface area (Å²) in [6.45, 7) is 0. The number of ether oxygens (including phenoxy) is 3. The molecule has 5 nitrogen and oxygen atoms in total. The molecular weight excluding hydrogens is 410 g/mol. The van der Waals surface area contributed by atoms with Gasteiger partial charge in [0.2, 0.25) is 5.75 Å². The van der Waals surface area contributed by atoms with Crippen molar-refractivity contribution >= 4 is 28.9 Å². The number of aromatic nitrogens is 1. The molecule has 1 aromatic heterocycles. The Morgan fingerprint density at radius 2 is 1.84 bits per heavy atom. The Morgan fingerprint density at radius 3 is 2.39 bits per heavy atom. The zero-order valence-corrected chi connectivity index (χ0v) is 19.1. The van der Waals surface area contributed by atoms with E-state index in [1.165, 1.54) is 12.8 Å². The van der Waals surface area contributed by atoms with Crippen LogP contribution in [0.25, 0.3) is 6.08 Å². The summed E-state index contributed by atoms with van der Waals surface area (Å²) in [4.78, 5) is 18.0. The topological polar surface area (TPSA) is 57.7 Å². The normalized spacial score (nSPS) is 14.3. The first kappa shape index (κ1) is 22.9. The SMILES string of the molecule is COc1cc(/C=C/C(=O)CC(CC(=S)Cc2ccccn2)C2CC2)cc(OC)c1OC. The van der Waals surface area contributed by atoms with Crippen molar-refractivity contribution in [2.75, 3.05) is 21.3 Å². The number of nitrogens with zero attached hydrogens (tertiary/aromatic N) is 1. The molecule has 0 spiro atoms. The van der Waals surface area contributed by atoms with Gasteiger partial charge in [0, 0.05) is 24.7 Å². The lowest BCUT2D eigenvalue weighted by atomic mass is 9.90. The van der Waals surface area contributed by atoms with Crippen molar-refractivity contribution in [3.8, 4) is 17.2 Å². The van der Waals surface area contributed by atoms with Crippen LogP contribution < -0.4 is 14.2 Å². The van der Waals surface area contributed by atoms with E-state index in [2.05, 4.69) is 4.98 Å². The van der Waals surface area contributed by atoms with Crippen molar-refractivity contribution in [3.63, 3.8) is 0 Å². The van der Waals surface area contributed by atoms with Gasteiger partial charge >= 0.3 is 0 Å². The molecule has 164 valence electrons. The van der Waals surface area contributed by atoms with E-state index in [0.717, 1.165) is 22.5 Å². The van der Waals surface area contributed by atoms with Gasteiger partial charge in [-0.25, -0.2) is 0 Å². The number of ketones is 1. The first-order valence-electron chi connectivity index (χ1n) is 10.5. The Kier molecular flexibility index (Phi) is 8.18. The van der Waals surface area contributed by atoms with Gasteiger partial charge in [-0.1, -0.05) is 24.4 Å². The molecule has 0 saturated heterocycles. The molecule has 1 fully saturated rings. The van der Waals surface area contributed by atoms with Gasteiger partial charge in [0.1, 0.15) is 0 Å². The molecule has 1 aliphatic carbocycles. The standard InChI is InChI=1S/C25H29NO4S/c1-28-23-12-17(13-24(29-2)25(23)30-3)7-10-21(27)14-19(18-8-9-18)15-22(31)16-20-6-4-5-11-26-20/h4-7,10-13,18-19H,8-9,14-16H2,1-3H3/b10-7+. The van der Waals surface area contributed by atoms with Crippen LogP contribution in [0.5, 0.6) is 17.2 Å². The van der Waals surface area contributed by atoms with E-state index in [1.54, 1.807) is 39.7 Å². The molecule has 6 heteroatoms. The molecule has 1 unspecified atom stereocenters. The van der Waals surface area contributed by atoms with Gasteiger partial charge in [-0.3, -0.25) is 9.78 Å². The van der Waals surface area contributed by atoms with E-state index in [-0.39, 0.29) is 5.78 Å². The molecule has 0 bridgehead atoms.